The van der Waals surface area contributed by atoms with Crippen molar-refractivity contribution in [1.29, 1.82) is 5.26 Å². The van der Waals surface area contributed by atoms with E-state index in [1.54, 1.807) is 0 Å². The van der Waals surface area contributed by atoms with Crippen LogP contribution in [0.3, 0.4) is 0 Å². The van der Waals surface area contributed by atoms with Gasteiger partial charge in [-0.3, -0.25) is 0 Å². The summed E-state index contributed by atoms with van der Waals surface area (Å²) in [5.74, 6) is 0.722. The summed E-state index contributed by atoms with van der Waals surface area (Å²) in [4.78, 5) is 2.15. The topological polar surface area (TPSA) is 52.8 Å². The first kappa shape index (κ1) is 14.5. The van der Waals surface area contributed by atoms with Crippen molar-refractivity contribution in [3.63, 3.8) is 0 Å². The highest BCUT2D eigenvalue weighted by Crippen LogP contribution is 2.32. The van der Waals surface area contributed by atoms with Crippen molar-refractivity contribution >= 4 is 5.82 Å². The molecule has 0 aliphatic carbocycles. The number of anilines is 1. The van der Waals surface area contributed by atoms with Crippen molar-refractivity contribution < 1.29 is 0 Å². The monoisotopic (exact) mass is 270 g/mol. The highest BCUT2D eigenvalue weighted by molar-refractivity contribution is 5.58. The van der Waals surface area contributed by atoms with E-state index >= 15 is 0 Å². The Morgan fingerprint density at radius 3 is 2.45 bits per heavy atom. The van der Waals surface area contributed by atoms with E-state index < -0.39 is 0 Å². The molecule has 20 heavy (non-hydrogen) atoms. The van der Waals surface area contributed by atoms with Gasteiger partial charge >= 0.3 is 0 Å². The van der Waals surface area contributed by atoms with E-state index in [-0.39, 0.29) is 5.41 Å². The Morgan fingerprint density at radius 2 is 1.95 bits per heavy atom. The van der Waals surface area contributed by atoms with Crippen LogP contribution in [-0.2, 0) is 0 Å². The lowest BCUT2D eigenvalue weighted by molar-refractivity contribution is 0.472. The van der Waals surface area contributed by atoms with Crippen molar-refractivity contribution in [2.24, 2.45) is 5.41 Å². The van der Waals surface area contributed by atoms with E-state index in [1.165, 1.54) is 5.57 Å². The summed E-state index contributed by atoms with van der Waals surface area (Å²) in [6.07, 6.45) is 3.28. The van der Waals surface area contributed by atoms with Crippen LogP contribution in [0.25, 0.3) is 0 Å². The molecule has 0 unspecified atom stereocenters. The van der Waals surface area contributed by atoms with Gasteiger partial charge < -0.3 is 4.90 Å². The van der Waals surface area contributed by atoms with Crippen molar-refractivity contribution in [3.05, 3.63) is 28.5 Å². The number of aryl methyl sites for hydroxylation is 1. The summed E-state index contributed by atoms with van der Waals surface area (Å²) in [5, 5.41) is 17.8. The molecule has 4 heteroatoms. The molecule has 0 fully saturated rings. The zero-order valence-corrected chi connectivity index (χ0v) is 13.0. The summed E-state index contributed by atoms with van der Waals surface area (Å²) in [5.41, 5.74) is 4.12. The van der Waals surface area contributed by atoms with Crippen LogP contribution in [0, 0.1) is 30.6 Å². The van der Waals surface area contributed by atoms with E-state index in [2.05, 4.69) is 48.0 Å². The summed E-state index contributed by atoms with van der Waals surface area (Å²) < 4.78 is 0. The molecule has 1 aromatic rings. The minimum absolute atomic E-state index is 0.221. The van der Waals surface area contributed by atoms with Gasteiger partial charge in [-0.05, 0) is 31.2 Å². The first-order valence-corrected chi connectivity index (χ1v) is 7.03. The zero-order valence-electron chi connectivity index (χ0n) is 13.0. The third-order valence-corrected chi connectivity index (χ3v) is 4.02. The van der Waals surface area contributed by atoms with E-state index in [4.69, 9.17) is 0 Å². The number of aromatic nitrogens is 2. The van der Waals surface area contributed by atoms with Crippen molar-refractivity contribution in [2.75, 3.05) is 18.0 Å². The van der Waals surface area contributed by atoms with Crippen LogP contribution >= 0.6 is 0 Å². The molecule has 106 valence electrons. The minimum atomic E-state index is 0.221. The molecular formula is C16H22N4. The first-order valence-electron chi connectivity index (χ1n) is 7.03. The van der Waals surface area contributed by atoms with Crippen molar-refractivity contribution in [3.8, 4) is 6.07 Å². The zero-order chi connectivity index (χ0) is 14.9. The Balaban J connectivity index is 2.31. The van der Waals surface area contributed by atoms with E-state index in [1.807, 2.05) is 13.8 Å². The third-order valence-electron chi connectivity index (χ3n) is 4.02. The summed E-state index contributed by atoms with van der Waals surface area (Å²) in [7, 11) is 0. The van der Waals surface area contributed by atoms with Gasteiger partial charge in [-0.2, -0.15) is 10.4 Å². The highest BCUT2D eigenvalue weighted by Gasteiger charge is 2.24. The van der Waals surface area contributed by atoms with Crippen LogP contribution in [0.15, 0.2) is 11.6 Å². The lowest BCUT2D eigenvalue weighted by atomic mass is 9.83. The molecule has 0 N–H and O–H groups in total. The smallest absolute Gasteiger partial charge is 0.169 e. The predicted octanol–water partition coefficient (Wildman–Crippen LogP) is 3.15. The standard InChI is InChI=1S/C16H22N4/c1-11-12(2)18-19-15(14(11)10-17)20-8-6-13(7-9-20)16(3,4)5/h6H,7-9H2,1-5H3. The maximum Gasteiger partial charge on any atom is 0.169 e. The number of hydrogen-bond donors (Lipinski definition) is 0. The fourth-order valence-electron chi connectivity index (χ4n) is 2.49. The SMILES string of the molecule is Cc1nnc(N2CC=C(C(C)(C)C)CC2)c(C#N)c1C. The Hall–Kier alpha value is -1.89. The van der Waals surface area contributed by atoms with Crippen LogP contribution in [0.5, 0.6) is 0 Å². The maximum atomic E-state index is 9.38. The van der Waals surface area contributed by atoms with Crippen LogP contribution < -0.4 is 4.90 Å². The van der Waals surface area contributed by atoms with E-state index in [9.17, 15) is 5.26 Å². The molecule has 1 aliphatic rings. The lowest BCUT2D eigenvalue weighted by Gasteiger charge is -2.33. The summed E-state index contributed by atoms with van der Waals surface area (Å²) in [6.45, 7) is 12.3. The number of nitrogens with zero attached hydrogens (tertiary/aromatic N) is 4. The largest absolute Gasteiger partial charge is 0.350 e. The van der Waals surface area contributed by atoms with Gasteiger partial charge in [-0.1, -0.05) is 32.4 Å². The van der Waals surface area contributed by atoms with Crippen molar-refractivity contribution in [2.45, 2.75) is 41.0 Å². The summed E-state index contributed by atoms with van der Waals surface area (Å²) in [6, 6.07) is 2.28. The molecule has 1 aromatic heterocycles. The van der Waals surface area contributed by atoms with Crippen LogP contribution in [0.2, 0.25) is 0 Å². The summed E-state index contributed by atoms with van der Waals surface area (Å²) >= 11 is 0. The second kappa shape index (κ2) is 5.24. The van der Waals surface area contributed by atoms with Crippen LogP contribution in [0.4, 0.5) is 5.82 Å². The molecule has 1 aliphatic heterocycles. The molecular weight excluding hydrogens is 248 g/mol. The van der Waals surface area contributed by atoms with Gasteiger partial charge in [0.05, 0.1) is 5.69 Å². The Morgan fingerprint density at radius 1 is 1.25 bits per heavy atom. The van der Waals surface area contributed by atoms with Crippen molar-refractivity contribution in [1.82, 2.24) is 10.2 Å². The third kappa shape index (κ3) is 2.67. The molecule has 4 nitrogen and oxygen atoms in total. The van der Waals surface area contributed by atoms with Gasteiger partial charge in [0, 0.05) is 13.1 Å². The Labute approximate surface area is 121 Å². The first-order chi connectivity index (χ1) is 9.34. The number of rotatable bonds is 1. The molecule has 0 bridgehead atoms. The van der Waals surface area contributed by atoms with Gasteiger partial charge in [0.15, 0.2) is 5.82 Å². The van der Waals surface area contributed by atoms with Gasteiger partial charge in [0.1, 0.15) is 11.6 Å². The molecule has 0 saturated heterocycles. The molecule has 2 rings (SSSR count). The lowest BCUT2D eigenvalue weighted by Crippen LogP contribution is -2.32. The number of hydrogen-bond acceptors (Lipinski definition) is 4. The fraction of sp³-hybridized carbons (Fsp3) is 0.562. The van der Waals surface area contributed by atoms with E-state index in [0.29, 0.717) is 5.56 Å². The molecule has 0 radical (unpaired) electrons. The van der Waals surface area contributed by atoms with Gasteiger partial charge in [-0.15, -0.1) is 5.10 Å². The molecule has 0 saturated carbocycles. The fourth-order valence-corrected chi connectivity index (χ4v) is 2.49. The van der Waals surface area contributed by atoms with Gasteiger partial charge in [0.2, 0.25) is 0 Å². The molecule has 0 atom stereocenters. The Kier molecular flexibility index (Phi) is 3.80. The normalized spacial score (nSPS) is 15.8. The second-order valence-electron chi connectivity index (χ2n) is 6.40. The molecule has 0 amide bonds. The molecule has 0 spiro atoms. The van der Waals surface area contributed by atoms with Gasteiger partial charge in [0.25, 0.3) is 0 Å². The molecule has 0 aromatic carbocycles. The average Bonchev–Trinajstić information content (AvgIpc) is 2.41. The minimum Gasteiger partial charge on any atom is -0.350 e. The van der Waals surface area contributed by atoms with Crippen LogP contribution in [0.1, 0.15) is 44.0 Å². The second-order valence-corrected chi connectivity index (χ2v) is 6.40. The van der Waals surface area contributed by atoms with Crippen LogP contribution in [-0.4, -0.2) is 23.3 Å². The Bertz CT molecular complexity index is 588. The maximum absolute atomic E-state index is 9.38. The van der Waals surface area contributed by atoms with E-state index in [0.717, 1.165) is 36.6 Å². The predicted molar refractivity (Wildman–Crippen MR) is 80.6 cm³/mol. The van der Waals surface area contributed by atoms with Gasteiger partial charge in [-0.25, -0.2) is 0 Å². The highest BCUT2D eigenvalue weighted by atomic mass is 15.3. The molecule has 2 heterocycles. The quantitative estimate of drug-likeness (QED) is 0.736. The number of nitriles is 1. The average molecular weight is 270 g/mol.